The van der Waals surface area contributed by atoms with Gasteiger partial charge in [-0.3, -0.25) is 0 Å². The quantitative estimate of drug-likeness (QED) is 0.655. The van der Waals surface area contributed by atoms with Crippen LogP contribution in [0, 0.1) is 0 Å². The van der Waals surface area contributed by atoms with Gasteiger partial charge in [-0.05, 0) is 29.8 Å². The smallest absolute Gasteiger partial charge is 0.193 e. The van der Waals surface area contributed by atoms with Crippen LogP contribution in [0.1, 0.15) is 5.56 Å². The Bertz CT molecular complexity index is 674. The van der Waals surface area contributed by atoms with E-state index in [9.17, 15) is 0 Å². The van der Waals surface area contributed by atoms with Crippen LogP contribution in [0.2, 0.25) is 5.02 Å². The fourth-order valence-electron chi connectivity index (χ4n) is 1.91. The number of nitrogens with zero attached hydrogens (tertiary/aromatic N) is 1. The Balaban J connectivity index is 2.05. The molecule has 6 heteroatoms. The van der Waals surface area contributed by atoms with Crippen molar-refractivity contribution < 1.29 is 9.47 Å². The molecule has 0 aliphatic heterocycles. The van der Waals surface area contributed by atoms with E-state index in [0.29, 0.717) is 29.0 Å². The molecule has 116 valence electrons. The summed E-state index contributed by atoms with van der Waals surface area (Å²) in [7, 11) is 3.17. The highest BCUT2D eigenvalue weighted by Gasteiger charge is 2.05. The maximum absolute atomic E-state index is 5.93. The lowest BCUT2D eigenvalue weighted by molar-refractivity contribution is 0.355. The van der Waals surface area contributed by atoms with Crippen molar-refractivity contribution in [3.05, 3.63) is 53.1 Å². The van der Waals surface area contributed by atoms with Gasteiger partial charge in [-0.25, -0.2) is 4.99 Å². The Kier molecular flexibility index (Phi) is 5.49. The number of nitrogens with one attached hydrogen (secondary N) is 1. The van der Waals surface area contributed by atoms with E-state index in [1.54, 1.807) is 26.4 Å². The molecule has 0 saturated carbocycles. The topological polar surface area (TPSA) is 68.9 Å². The number of guanidine groups is 1. The molecule has 0 aromatic heterocycles. The van der Waals surface area contributed by atoms with Crippen molar-refractivity contribution in [2.75, 3.05) is 19.5 Å². The van der Waals surface area contributed by atoms with Crippen molar-refractivity contribution in [3.63, 3.8) is 0 Å². The highest BCUT2D eigenvalue weighted by molar-refractivity contribution is 6.30. The van der Waals surface area contributed by atoms with Crippen LogP contribution in [0.4, 0.5) is 5.69 Å². The second-order valence-electron chi connectivity index (χ2n) is 4.53. The minimum Gasteiger partial charge on any atom is -0.493 e. The Hall–Kier alpha value is -2.40. The number of anilines is 1. The molecule has 0 unspecified atom stereocenters. The van der Waals surface area contributed by atoms with E-state index in [1.165, 1.54) is 0 Å². The van der Waals surface area contributed by atoms with E-state index < -0.39 is 0 Å². The fourth-order valence-corrected chi connectivity index (χ4v) is 2.13. The van der Waals surface area contributed by atoms with Gasteiger partial charge in [0.05, 0.1) is 20.8 Å². The number of hydrogen-bond donors (Lipinski definition) is 2. The Morgan fingerprint density at radius 2 is 1.91 bits per heavy atom. The van der Waals surface area contributed by atoms with Gasteiger partial charge in [-0.15, -0.1) is 0 Å². The first kappa shape index (κ1) is 16.0. The summed E-state index contributed by atoms with van der Waals surface area (Å²) in [5.41, 5.74) is 7.65. The standard InChI is InChI=1S/C16H18ClN3O2/c1-21-14-7-6-13(9-15(14)22-2)20-16(18)19-10-11-4-3-5-12(17)8-11/h3-9H,10H2,1-2H3,(H3,18,19,20). The van der Waals surface area contributed by atoms with E-state index in [0.717, 1.165) is 11.3 Å². The summed E-state index contributed by atoms with van der Waals surface area (Å²) >= 11 is 5.93. The monoisotopic (exact) mass is 319 g/mol. The highest BCUT2D eigenvalue weighted by atomic mass is 35.5. The van der Waals surface area contributed by atoms with Crippen LogP contribution < -0.4 is 20.5 Å². The summed E-state index contributed by atoms with van der Waals surface area (Å²) in [6, 6.07) is 12.9. The Morgan fingerprint density at radius 3 is 2.59 bits per heavy atom. The molecule has 0 saturated heterocycles. The molecule has 0 fully saturated rings. The molecule has 22 heavy (non-hydrogen) atoms. The number of aliphatic imine (C=N–C) groups is 1. The fraction of sp³-hybridized carbons (Fsp3) is 0.188. The largest absolute Gasteiger partial charge is 0.493 e. The van der Waals surface area contributed by atoms with Crippen LogP contribution in [0.3, 0.4) is 0 Å². The number of halogens is 1. The molecule has 0 aliphatic rings. The van der Waals surface area contributed by atoms with Gasteiger partial charge in [-0.1, -0.05) is 23.7 Å². The number of ether oxygens (including phenoxy) is 2. The van der Waals surface area contributed by atoms with Crippen molar-refractivity contribution >= 4 is 23.2 Å². The van der Waals surface area contributed by atoms with Crippen LogP contribution in [0.15, 0.2) is 47.5 Å². The zero-order chi connectivity index (χ0) is 15.9. The van der Waals surface area contributed by atoms with Crippen molar-refractivity contribution in [2.45, 2.75) is 6.54 Å². The van der Waals surface area contributed by atoms with Crippen molar-refractivity contribution in [2.24, 2.45) is 10.7 Å². The minimum atomic E-state index is 0.312. The van der Waals surface area contributed by atoms with E-state index in [-0.39, 0.29) is 0 Å². The summed E-state index contributed by atoms with van der Waals surface area (Å²) in [4.78, 5) is 4.28. The van der Waals surface area contributed by atoms with Crippen LogP contribution in [0.25, 0.3) is 0 Å². The van der Waals surface area contributed by atoms with E-state index >= 15 is 0 Å². The number of hydrogen-bond acceptors (Lipinski definition) is 3. The third kappa shape index (κ3) is 4.30. The number of benzene rings is 2. The summed E-state index contributed by atoms with van der Waals surface area (Å²) in [5, 5.41) is 3.69. The maximum atomic E-state index is 5.93. The Labute approximate surface area is 134 Å². The molecule has 5 nitrogen and oxygen atoms in total. The second-order valence-corrected chi connectivity index (χ2v) is 4.96. The zero-order valence-electron chi connectivity index (χ0n) is 12.5. The van der Waals surface area contributed by atoms with Gasteiger partial charge < -0.3 is 20.5 Å². The molecule has 0 aliphatic carbocycles. The molecule has 3 N–H and O–H groups in total. The van der Waals surface area contributed by atoms with Gasteiger partial charge in [-0.2, -0.15) is 0 Å². The molecule has 0 amide bonds. The first-order chi connectivity index (χ1) is 10.6. The summed E-state index contributed by atoms with van der Waals surface area (Å²) in [6.07, 6.45) is 0. The lowest BCUT2D eigenvalue weighted by atomic mass is 10.2. The molecule has 0 atom stereocenters. The van der Waals surface area contributed by atoms with Gasteiger partial charge >= 0.3 is 0 Å². The molecular formula is C16H18ClN3O2. The molecule has 0 spiro atoms. The number of nitrogens with two attached hydrogens (primary N) is 1. The summed E-state index contributed by atoms with van der Waals surface area (Å²) in [6.45, 7) is 0.451. The molecule has 0 radical (unpaired) electrons. The van der Waals surface area contributed by atoms with Crippen LogP contribution in [0.5, 0.6) is 11.5 Å². The highest BCUT2D eigenvalue weighted by Crippen LogP contribution is 2.29. The van der Waals surface area contributed by atoms with Gasteiger partial charge in [0.25, 0.3) is 0 Å². The van der Waals surface area contributed by atoms with E-state index in [1.807, 2.05) is 30.3 Å². The van der Waals surface area contributed by atoms with Crippen molar-refractivity contribution in [1.29, 1.82) is 0 Å². The van der Waals surface area contributed by atoms with Gasteiger partial charge in [0, 0.05) is 16.8 Å². The lowest BCUT2D eigenvalue weighted by Gasteiger charge is -2.11. The van der Waals surface area contributed by atoms with Crippen molar-refractivity contribution in [1.82, 2.24) is 0 Å². The summed E-state index contributed by atoms with van der Waals surface area (Å²) < 4.78 is 10.4. The molecule has 2 rings (SSSR count). The van der Waals surface area contributed by atoms with E-state index in [2.05, 4.69) is 10.3 Å². The minimum absolute atomic E-state index is 0.312. The van der Waals surface area contributed by atoms with Gasteiger partial charge in [0.2, 0.25) is 0 Å². The lowest BCUT2D eigenvalue weighted by Crippen LogP contribution is -2.22. The van der Waals surface area contributed by atoms with Crippen molar-refractivity contribution in [3.8, 4) is 11.5 Å². The second kappa shape index (κ2) is 7.56. The van der Waals surface area contributed by atoms with Crippen LogP contribution in [-0.4, -0.2) is 20.2 Å². The van der Waals surface area contributed by atoms with Crippen LogP contribution >= 0.6 is 11.6 Å². The van der Waals surface area contributed by atoms with Crippen LogP contribution in [-0.2, 0) is 6.54 Å². The number of methoxy groups -OCH3 is 2. The first-order valence-corrected chi connectivity index (χ1v) is 7.03. The average molecular weight is 320 g/mol. The Morgan fingerprint density at radius 1 is 1.14 bits per heavy atom. The summed E-state index contributed by atoms with van der Waals surface area (Å²) in [5.74, 6) is 1.59. The molecule has 2 aromatic carbocycles. The molecule has 0 heterocycles. The zero-order valence-corrected chi connectivity index (χ0v) is 13.2. The van der Waals surface area contributed by atoms with E-state index in [4.69, 9.17) is 26.8 Å². The first-order valence-electron chi connectivity index (χ1n) is 6.66. The molecule has 2 aromatic rings. The third-order valence-corrected chi connectivity index (χ3v) is 3.21. The maximum Gasteiger partial charge on any atom is 0.193 e. The average Bonchev–Trinajstić information content (AvgIpc) is 2.53. The molecule has 0 bridgehead atoms. The normalized spacial score (nSPS) is 11.1. The SMILES string of the molecule is COc1ccc(NC(N)=NCc2cccc(Cl)c2)cc1OC. The predicted molar refractivity (Wildman–Crippen MR) is 89.9 cm³/mol. The van der Waals surface area contributed by atoms with Gasteiger partial charge in [0.15, 0.2) is 17.5 Å². The third-order valence-electron chi connectivity index (χ3n) is 2.98. The molecular weight excluding hydrogens is 302 g/mol. The number of rotatable bonds is 5. The van der Waals surface area contributed by atoms with Gasteiger partial charge in [0.1, 0.15) is 0 Å². The predicted octanol–water partition coefficient (Wildman–Crippen LogP) is 3.28.